The van der Waals surface area contributed by atoms with E-state index in [-0.39, 0.29) is 0 Å². The van der Waals surface area contributed by atoms with E-state index < -0.39 is 0 Å². The highest BCUT2D eigenvalue weighted by molar-refractivity contribution is 9.10. The van der Waals surface area contributed by atoms with Gasteiger partial charge in [0.2, 0.25) is 0 Å². The standard InChI is InChI=1S/C11H17BrN4/c1-7(2)16(3)10-8-6-13-5-4-9(8)14-11(12)15-10/h7,13H,4-6H2,1-3H3. The molecule has 4 nitrogen and oxygen atoms in total. The van der Waals surface area contributed by atoms with Crippen molar-refractivity contribution in [1.29, 1.82) is 0 Å². The predicted molar refractivity (Wildman–Crippen MR) is 68.7 cm³/mol. The molecule has 0 radical (unpaired) electrons. The number of anilines is 1. The zero-order valence-electron chi connectivity index (χ0n) is 9.92. The minimum atomic E-state index is 0.438. The Labute approximate surface area is 105 Å². The summed E-state index contributed by atoms with van der Waals surface area (Å²) in [4.78, 5) is 11.1. The van der Waals surface area contributed by atoms with Gasteiger partial charge in [-0.2, -0.15) is 0 Å². The second kappa shape index (κ2) is 4.67. The molecule has 2 heterocycles. The summed E-state index contributed by atoms with van der Waals surface area (Å²) in [5, 5.41) is 3.37. The van der Waals surface area contributed by atoms with Gasteiger partial charge in [0.25, 0.3) is 0 Å². The van der Waals surface area contributed by atoms with Crippen LogP contribution in [0.25, 0.3) is 0 Å². The van der Waals surface area contributed by atoms with Crippen LogP contribution in [0.1, 0.15) is 25.1 Å². The first-order chi connectivity index (χ1) is 7.59. The van der Waals surface area contributed by atoms with Crippen molar-refractivity contribution in [1.82, 2.24) is 15.3 Å². The SMILES string of the molecule is CC(C)N(C)c1nc(Br)nc2c1CNCC2. The van der Waals surface area contributed by atoms with E-state index in [1.165, 1.54) is 11.3 Å². The van der Waals surface area contributed by atoms with Gasteiger partial charge in [-0.05, 0) is 29.8 Å². The Bertz CT molecular complexity index is 392. The van der Waals surface area contributed by atoms with Crippen LogP contribution in [0, 0.1) is 0 Å². The minimum absolute atomic E-state index is 0.438. The third-order valence-electron chi connectivity index (χ3n) is 2.99. The molecule has 5 heteroatoms. The van der Waals surface area contributed by atoms with E-state index in [1.54, 1.807) is 0 Å². The van der Waals surface area contributed by atoms with Crippen molar-refractivity contribution in [3.63, 3.8) is 0 Å². The van der Waals surface area contributed by atoms with Crippen LogP contribution in [0.4, 0.5) is 5.82 Å². The van der Waals surface area contributed by atoms with E-state index in [9.17, 15) is 0 Å². The highest BCUT2D eigenvalue weighted by Crippen LogP contribution is 2.25. The number of hydrogen-bond donors (Lipinski definition) is 1. The van der Waals surface area contributed by atoms with Crippen LogP contribution in [0.5, 0.6) is 0 Å². The van der Waals surface area contributed by atoms with Crippen LogP contribution in [0.3, 0.4) is 0 Å². The number of nitrogens with one attached hydrogen (secondary N) is 1. The van der Waals surface area contributed by atoms with Crippen LogP contribution >= 0.6 is 15.9 Å². The Morgan fingerprint density at radius 1 is 1.38 bits per heavy atom. The van der Waals surface area contributed by atoms with E-state index in [4.69, 9.17) is 0 Å². The van der Waals surface area contributed by atoms with E-state index in [0.717, 1.165) is 25.3 Å². The highest BCUT2D eigenvalue weighted by atomic mass is 79.9. The van der Waals surface area contributed by atoms with Crippen molar-refractivity contribution in [2.75, 3.05) is 18.5 Å². The van der Waals surface area contributed by atoms with Gasteiger partial charge in [-0.1, -0.05) is 0 Å². The monoisotopic (exact) mass is 284 g/mol. The molecule has 0 amide bonds. The Morgan fingerprint density at radius 2 is 2.12 bits per heavy atom. The quantitative estimate of drug-likeness (QED) is 0.840. The molecule has 88 valence electrons. The van der Waals surface area contributed by atoms with Gasteiger partial charge >= 0.3 is 0 Å². The molecule has 0 bridgehead atoms. The van der Waals surface area contributed by atoms with E-state index in [0.29, 0.717) is 10.8 Å². The summed E-state index contributed by atoms with van der Waals surface area (Å²) in [7, 11) is 2.08. The summed E-state index contributed by atoms with van der Waals surface area (Å²) in [6.45, 7) is 6.20. The molecule has 0 fully saturated rings. The highest BCUT2D eigenvalue weighted by Gasteiger charge is 2.20. The molecule has 16 heavy (non-hydrogen) atoms. The predicted octanol–water partition coefficient (Wildman–Crippen LogP) is 1.73. The maximum Gasteiger partial charge on any atom is 0.198 e. The fourth-order valence-electron chi connectivity index (χ4n) is 1.83. The zero-order chi connectivity index (χ0) is 11.7. The number of fused-ring (bicyclic) bond motifs is 1. The fraction of sp³-hybridized carbons (Fsp3) is 0.636. The summed E-state index contributed by atoms with van der Waals surface area (Å²) < 4.78 is 0.690. The lowest BCUT2D eigenvalue weighted by atomic mass is 10.1. The van der Waals surface area contributed by atoms with Crippen LogP contribution in [-0.4, -0.2) is 29.6 Å². The molecule has 0 saturated heterocycles. The van der Waals surface area contributed by atoms with Crippen LogP contribution in [0.15, 0.2) is 4.73 Å². The average Bonchev–Trinajstić information content (AvgIpc) is 2.26. The molecular formula is C11H17BrN4. The van der Waals surface area contributed by atoms with Gasteiger partial charge in [0.1, 0.15) is 5.82 Å². The Balaban J connectivity index is 2.47. The topological polar surface area (TPSA) is 41.1 Å². The number of aromatic nitrogens is 2. The molecule has 0 aromatic carbocycles. The molecule has 1 aromatic rings. The normalized spacial score (nSPS) is 15.1. The molecule has 1 aliphatic heterocycles. The average molecular weight is 285 g/mol. The van der Waals surface area contributed by atoms with Gasteiger partial charge in [-0.25, -0.2) is 9.97 Å². The van der Waals surface area contributed by atoms with Crippen LogP contribution < -0.4 is 10.2 Å². The van der Waals surface area contributed by atoms with Crippen molar-refractivity contribution in [3.05, 3.63) is 16.0 Å². The van der Waals surface area contributed by atoms with Gasteiger partial charge < -0.3 is 10.2 Å². The molecule has 0 spiro atoms. The van der Waals surface area contributed by atoms with E-state index >= 15 is 0 Å². The molecule has 1 aromatic heterocycles. The Morgan fingerprint density at radius 3 is 2.81 bits per heavy atom. The maximum absolute atomic E-state index is 4.50. The second-order valence-corrected chi connectivity index (χ2v) is 5.08. The lowest BCUT2D eigenvalue weighted by Gasteiger charge is -2.28. The van der Waals surface area contributed by atoms with Gasteiger partial charge in [0, 0.05) is 38.2 Å². The molecule has 1 N–H and O–H groups in total. The van der Waals surface area contributed by atoms with Gasteiger partial charge in [-0.3, -0.25) is 0 Å². The first-order valence-corrected chi connectivity index (χ1v) is 6.37. The molecule has 0 saturated carbocycles. The van der Waals surface area contributed by atoms with Crippen LogP contribution in [-0.2, 0) is 13.0 Å². The number of rotatable bonds is 2. The van der Waals surface area contributed by atoms with Crippen molar-refractivity contribution in [2.45, 2.75) is 32.9 Å². The minimum Gasteiger partial charge on any atom is -0.357 e. The van der Waals surface area contributed by atoms with Gasteiger partial charge in [0.15, 0.2) is 4.73 Å². The first kappa shape index (κ1) is 11.8. The fourth-order valence-corrected chi connectivity index (χ4v) is 2.21. The third kappa shape index (κ3) is 2.20. The van der Waals surface area contributed by atoms with Crippen molar-refractivity contribution >= 4 is 21.7 Å². The second-order valence-electron chi connectivity index (χ2n) is 4.37. The van der Waals surface area contributed by atoms with Crippen LogP contribution in [0.2, 0.25) is 0 Å². The van der Waals surface area contributed by atoms with Gasteiger partial charge in [-0.15, -0.1) is 0 Å². The van der Waals surface area contributed by atoms with Gasteiger partial charge in [0.05, 0.1) is 5.69 Å². The Kier molecular flexibility index (Phi) is 3.44. The number of nitrogens with zero attached hydrogens (tertiary/aromatic N) is 3. The molecule has 0 unspecified atom stereocenters. The first-order valence-electron chi connectivity index (χ1n) is 5.58. The molecule has 2 rings (SSSR count). The summed E-state index contributed by atoms with van der Waals surface area (Å²) in [5.74, 6) is 1.04. The molecule has 1 aliphatic rings. The number of hydrogen-bond acceptors (Lipinski definition) is 4. The van der Waals surface area contributed by atoms with Crippen molar-refractivity contribution < 1.29 is 0 Å². The van der Waals surface area contributed by atoms with Crippen molar-refractivity contribution in [3.8, 4) is 0 Å². The van der Waals surface area contributed by atoms with E-state index in [2.05, 4.69) is 57.0 Å². The summed E-state index contributed by atoms with van der Waals surface area (Å²) in [6.07, 6.45) is 0.982. The molecule has 0 atom stereocenters. The zero-order valence-corrected chi connectivity index (χ0v) is 11.5. The summed E-state index contributed by atoms with van der Waals surface area (Å²) in [6, 6.07) is 0.438. The molecular weight excluding hydrogens is 268 g/mol. The Hall–Kier alpha value is -0.680. The lowest BCUT2D eigenvalue weighted by molar-refractivity contribution is 0.615. The number of halogens is 1. The largest absolute Gasteiger partial charge is 0.357 e. The van der Waals surface area contributed by atoms with Crippen molar-refractivity contribution in [2.24, 2.45) is 0 Å². The third-order valence-corrected chi connectivity index (χ3v) is 3.35. The smallest absolute Gasteiger partial charge is 0.198 e. The molecule has 0 aliphatic carbocycles. The lowest BCUT2D eigenvalue weighted by Crippen LogP contribution is -2.32. The van der Waals surface area contributed by atoms with E-state index in [1.807, 2.05) is 0 Å². The summed E-state index contributed by atoms with van der Waals surface area (Å²) >= 11 is 3.39. The maximum atomic E-state index is 4.50. The summed E-state index contributed by atoms with van der Waals surface area (Å²) in [5.41, 5.74) is 2.41.